The summed E-state index contributed by atoms with van der Waals surface area (Å²) in [5.41, 5.74) is -0.104. The predicted octanol–water partition coefficient (Wildman–Crippen LogP) is 6.12. The summed E-state index contributed by atoms with van der Waals surface area (Å²) < 4.78 is 44.9. The summed E-state index contributed by atoms with van der Waals surface area (Å²) in [6.45, 7) is 7.34. The van der Waals surface area contributed by atoms with Crippen LogP contribution in [0.5, 0.6) is 11.5 Å². The number of para-hydroxylation sites is 1. The van der Waals surface area contributed by atoms with Crippen molar-refractivity contribution in [1.29, 1.82) is 5.26 Å². The fraction of sp³-hybridized carbons (Fsp3) is 0.0500. The van der Waals surface area contributed by atoms with Crippen molar-refractivity contribution in [2.45, 2.75) is 6.18 Å². The SMILES string of the molecule is C=C/C=C(\C=C)c1ccccc1Oc1ccc(C#N)c(C(F)(F)F)c1. The van der Waals surface area contributed by atoms with Crippen LogP contribution in [-0.4, -0.2) is 0 Å². The van der Waals surface area contributed by atoms with Gasteiger partial charge in [0, 0.05) is 5.56 Å². The van der Waals surface area contributed by atoms with Gasteiger partial charge in [0.1, 0.15) is 11.5 Å². The van der Waals surface area contributed by atoms with Crippen molar-refractivity contribution in [2.75, 3.05) is 0 Å². The molecule has 0 aliphatic heterocycles. The summed E-state index contributed by atoms with van der Waals surface area (Å²) in [6, 6.07) is 11.7. The molecule has 0 fully saturated rings. The molecule has 0 radical (unpaired) electrons. The molecule has 0 aliphatic carbocycles. The van der Waals surface area contributed by atoms with E-state index in [1.165, 1.54) is 12.1 Å². The molecule has 0 saturated carbocycles. The van der Waals surface area contributed by atoms with E-state index < -0.39 is 17.3 Å². The van der Waals surface area contributed by atoms with Gasteiger partial charge in [0.05, 0.1) is 17.2 Å². The molecule has 5 heteroatoms. The van der Waals surface area contributed by atoms with Crippen LogP contribution in [0.25, 0.3) is 5.57 Å². The smallest absolute Gasteiger partial charge is 0.417 e. The van der Waals surface area contributed by atoms with E-state index in [0.717, 1.165) is 17.7 Å². The van der Waals surface area contributed by atoms with Crippen molar-refractivity contribution < 1.29 is 17.9 Å². The number of benzene rings is 2. The second kappa shape index (κ2) is 7.54. The van der Waals surface area contributed by atoms with E-state index in [4.69, 9.17) is 10.00 Å². The van der Waals surface area contributed by atoms with Crippen LogP contribution in [0, 0.1) is 11.3 Å². The Labute approximate surface area is 143 Å². The third-order valence-corrected chi connectivity index (χ3v) is 3.36. The summed E-state index contributed by atoms with van der Waals surface area (Å²) in [4.78, 5) is 0. The largest absolute Gasteiger partial charge is 0.457 e. The van der Waals surface area contributed by atoms with E-state index in [1.807, 2.05) is 0 Å². The highest BCUT2D eigenvalue weighted by Crippen LogP contribution is 2.36. The van der Waals surface area contributed by atoms with Crippen LogP contribution in [0.1, 0.15) is 16.7 Å². The van der Waals surface area contributed by atoms with Crippen LogP contribution in [-0.2, 0) is 6.18 Å². The first-order chi connectivity index (χ1) is 11.9. The van der Waals surface area contributed by atoms with Crippen molar-refractivity contribution in [3.05, 3.63) is 90.5 Å². The van der Waals surface area contributed by atoms with Gasteiger partial charge in [-0.15, -0.1) is 0 Å². The minimum atomic E-state index is -4.64. The molecule has 2 aromatic rings. The minimum absolute atomic E-state index is 0.0132. The number of hydrogen-bond acceptors (Lipinski definition) is 2. The Balaban J connectivity index is 2.48. The molecule has 0 spiro atoms. The quantitative estimate of drug-likeness (QED) is 0.613. The number of rotatable bonds is 5. The molecule has 0 amide bonds. The van der Waals surface area contributed by atoms with Crippen molar-refractivity contribution in [3.63, 3.8) is 0 Å². The lowest BCUT2D eigenvalue weighted by atomic mass is 10.0. The summed E-state index contributed by atoms with van der Waals surface area (Å²) in [5, 5.41) is 8.85. The van der Waals surface area contributed by atoms with Crippen molar-refractivity contribution in [2.24, 2.45) is 0 Å². The number of nitrogens with zero attached hydrogens (tertiary/aromatic N) is 1. The minimum Gasteiger partial charge on any atom is -0.457 e. The maximum Gasteiger partial charge on any atom is 0.417 e. The molecule has 2 nitrogen and oxygen atoms in total. The highest BCUT2D eigenvalue weighted by atomic mass is 19.4. The van der Waals surface area contributed by atoms with Crippen molar-refractivity contribution in [1.82, 2.24) is 0 Å². The van der Waals surface area contributed by atoms with Gasteiger partial charge >= 0.3 is 6.18 Å². The maximum atomic E-state index is 13.1. The molecule has 0 saturated heterocycles. The van der Waals surface area contributed by atoms with Gasteiger partial charge in [0.2, 0.25) is 0 Å². The Kier molecular flexibility index (Phi) is 5.45. The first-order valence-corrected chi connectivity index (χ1v) is 7.24. The molecule has 0 bridgehead atoms. The van der Waals surface area contributed by atoms with Crippen LogP contribution in [0.4, 0.5) is 13.2 Å². The Morgan fingerprint density at radius 2 is 1.84 bits per heavy atom. The number of halogens is 3. The molecule has 126 valence electrons. The third kappa shape index (κ3) is 4.18. The first-order valence-electron chi connectivity index (χ1n) is 7.24. The standard InChI is InChI=1S/C20H14F3NO/c1-3-7-14(4-2)17-8-5-6-9-19(17)25-16-11-10-15(13-24)18(12-16)20(21,22)23/h3-12H,1-2H2/b14-7+. The Morgan fingerprint density at radius 1 is 1.12 bits per heavy atom. The lowest BCUT2D eigenvalue weighted by Crippen LogP contribution is -2.08. The highest BCUT2D eigenvalue weighted by Gasteiger charge is 2.34. The first kappa shape index (κ1) is 18.1. The third-order valence-electron chi connectivity index (χ3n) is 3.36. The van der Waals surface area contributed by atoms with Crippen molar-refractivity contribution >= 4 is 5.57 Å². The zero-order valence-corrected chi connectivity index (χ0v) is 13.2. The van der Waals surface area contributed by atoms with Gasteiger partial charge in [-0.1, -0.05) is 49.6 Å². The normalized spacial score (nSPS) is 11.5. The van der Waals surface area contributed by atoms with Crippen LogP contribution in [0.15, 0.2) is 73.9 Å². The van der Waals surface area contributed by atoms with Gasteiger partial charge < -0.3 is 4.74 Å². The molecular weight excluding hydrogens is 327 g/mol. The molecule has 2 aromatic carbocycles. The van der Waals surface area contributed by atoms with Gasteiger partial charge in [0.15, 0.2) is 0 Å². The fourth-order valence-electron chi connectivity index (χ4n) is 2.23. The van der Waals surface area contributed by atoms with Crippen LogP contribution < -0.4 is 4.74 Å². The lowest BCUT2D eigenvalue weighted by molar-refractivity contribution is -0.137. The zero-order valence-electron chi connectivity index (χ0n) is 13.2. The van der Waals surface area contributed by atoms with E-state index in [9.17, 15) is 13.2 Å². The molecule has 0 atom stereocenters. The number of nitriles is 1. The molecular formula is C20H14F3NO. The number of ether oxygens (including phenoxy) is 1. The van der Waals surface area contributed by atoms with E-state index in [-0.39, 0.29) is 5.75 Å². The summed E-state index contributed by atoms with van der Waals surface area (Å²) in [7, 11) is 0. The second-order valence-corrected chi connectivity index (χ2v) is 4.98. The summed E-state index contributed by atoms with van der Waals surface area (Å²) >= 11 is 0. The lowest BCUT2D eigenvalue weighted by Gasteiger charge is -2.14. The number of alkyl halides is 3. The zero-order chi connectivity index (χ0) is 18.4. The Morgan fingerprint density at radius 3 is 2.44 bits per heavy atom. The Bertz CT molecular complexity index is 873. The van der Waals surface area contributed by atoms with E-state index in [2.05, 4.69) is 13.2 Å². The van der Waals surface area contributed by atoms with Gasteiger partial charge in [-0.2, -0.15) is 18.4 Å². The maximum absolute atomic E-state index is 13.1. The number of allylic oxidation sites excluding steroid dienone is 4. The Hall–Kier alpha value is -3.26. The molecule has 0 heterocycles. The van der Waals surface area contributed by atoms with Crippen LogP contribution in [0.2, 0.25) is 0 Å². The van der Waals surface area contributed by atoms with Gasteiger partial charge in [-0.05, 0) is 29.8 Å². The molecule has 25 heavy (non-hydrogen) atoms. The van der Waals surface area contributed by atoms with Gasteiger partial charge in [0.25, 0.3) is 0 Å². The van der Waals surface area contributed by atoms with E-state index in [1.54, 1.807) is 42.5 Å². The summed E-state index contributed by atoms with van der Waals surface area (Å²) in [5.74, 6) is 0.356. The fourth-order valence-corrected chi connectivity index (χ4v) is 2.23. The number of hydrogen-bond donors (Lipinski definition) is 0. The highest BCUT2D eigenvalue weighted by molar-refractivity contribution is 5.78. The molecule has 0 aromatic heterocycles. The van der Waals surface area contributed by atoms with Crippen molar-refractivity contribution in [3.8, 4) is 17.6 Å². The average molecular weight is 341 g/mol. The van der Waals surface area contributed by atoms with Gasteiger partial charge in [-0.3, -0.25) is 0 Å². The topological polar surface area (TPSA) is 33.0 Å². The second-order valence-electron chi connectivity index (χ2n) is 4.98. The predicted molar refractivity (Wildman–Crippen MR) is 91.0 cm³/mol. The van der Waals surface area contributed by atoms with Crippen LogP contribution >= 0.6 is 0 Å². The molecule has 0 unspecified atom stereocenters. The molecule has 0 aliphatic rings. The van der Waals surface area contributed by atoms with Gasteiger partial charge in [-0.25, -0.2) is 0 Å². The van der Waals surface area contributed by atoms with E-state index in [0.29, 0.717) is 11.3 Å². The molecule has 2 rings (SSSR count). The van der Waals surface area contributed by atoms with E-state index >= 15 is 0 Å². The summed E-state index contributed by atoms with van der Waals surface area (Å²) in [6.07, 6.45) is 0.259. The molecule has 0 N–H and O–H groups in total. The monoisotopic (exact) mass is 341 g/mol. The average Bonchev–Trinajstić information content (AvgIpc) is 2.59. The van der Waals surface area contributed by atoms with Crippen LogP contribution in [0.3, 0.4) is 0 Å².